The number of fused-ring (bicyclic) bond motifs is 7. The summed E-state index contributed by atoms with van der Waals surface area (Å²) in [7, 11) is 4.21. The summed E-state index contributed by atoms with van der Waals surface area (Å²) in [5.41, 5.74) is 4.19. The monoisotopic (exact) mass is 804 g/mol. The Hall–Kier alpha value is -2.84. The quantitative estimate of drug-likeness (QED) is 0.190. The second-order valence-corrected chi connectivity index (χ2v) is 22.0. The van der Waals surface area contributed by atoms with E-state index in [0.717, 1.165) is 76.6 Å². The lowest BCUT2D eigenvalue weighted by Gasteiger charge is -2.72. The van der Waals surface area contributed by atoms with Gasteiger partial charge in [0.25, 0.3) is 5.56 Å². The molecular weight excluding hydrogens is 734 g/mol. The Balaban J connectivity index is 1.25. The Morgan fingerprint density at radius 3 is 2.25 bits per heavy atom. The van der Waals surface area contributed by atoms with Crippen LogP contribution in [0.2, 0.25) is 5.02 Å². The zero-order valence-corrected chi connectivity index (χ0v) is 37.5. The summed E-state index contributed by atoms with van der Waals surface area (Å²) in [6, 6.07) is 9.69. The third-order valence-corrected chi connectivity index (χ3v) is 17.6. The lowest BCUT2D eigenvalue weighted by atomic mass is 9.33. The van der Waals surface area contributed by atoms with Crippen molar-refractivity contribution in [3.63, 3.8) is 0 Å². The molecule has 314 valence electrons. The van der Waals surface area contributed by atoms with Crippen LogP contribution in [-0.2, 0) is 26.3 Å². The minimum absolute atomic E-state index is 0.0301. The SMILES string of the molecule is CC(C)C1=C2C3CCC4C5(C)CCC(OC(=O)CC(C)(C)C(=O)O)C(C)(C)C5CCC4(C)[C@]3(C)CCC2(c2cc(=O)n(-c3ccc(Cl)cc3)n2CCN(C)C)CC1. The second kappa shape index (κ2) is 14.4. The van der Waals surface area contributed by atoms with Gasteiger partial charge >= 0.3 is 11.9 Å². The van der Waals surface area contributed by atoms with Crippen LogP contribution in [-0.4, -0.2) is 58.1 Å². The normalized spacial score (nSPS) is 34.8. The van der Waals surface area contributed by atoms with E-state index in [1.165, 1.54) is 12.1 Å². The zero-order chi connectivity index (χ0) is 41.7. The smallest absolute Gasteiger partial charge is 0.309 e. The van der Waals surface area contributed by atoms with Crippen LogP contribution in [0.15, 0.2) is 46.3 Å². The molecule has 57 heavy (non-hydrogen) atoms. The van der Waals surface area contributed by atoms with Crippen LogP contribution in [0.4, 0.5) is 0 Å². The number of nitrogens with zero attached hydrogens (tertiary/aromatic N) is 3. The lowest BCUT2D eigenvalue weighted by molar-refractivity contribution is -0.232. The number of hydrogen-bond donors (Lipinski definition) is 1. The van der Waals surface area contributed by atoms with E-state index in [4.69, 9.17) is 16.3 Å². The van der Waals surface area contributed by atoms with E-state index in [1.807, 2.05) is 35.0 Å². The molecule has 4 fully saturated rings. The van der Waals surface area contributed by atoms with Gasteiger partial charge < -0.3 is 14.7 Å². The first-order valence-electron chi connectivity index (χ1n) is 21.9. The number of carbonyl (C=O) groups is 2. The van der Waals surface area contributed by atoms with Crippen molar-refractivity contribution < 1.29 is 19.4 Å². The van der Waals surface area contributed by atoms with Crippen LogP contribution in [0.1, 0.15) is 139 Å². The Bertz CT molecular complexity index is 1990. The summed E-state index contributed by atoms with van der Waals surface area (Å²) in [4.78, 5) is 41.5. The van der Waals surface area contributed by atoms with Crippen LogP contribution in [0.3, 0.4) is 0 Å². The number of ether oxygens (including phenoxy) is 1. The molecule has 5 aliphatic carbocycles. The van der Waals surface area contributed by atoms with Crippen LogP contribution >= 0.6 is 11.6 Å². The van der Waals surface area contributed by atoms with Crippen LogP contribution in [0, 0.1) is 50.7 Å². The molecule has 8 nitrogen and oxygen atoms in total. The molecule has 7 unspecified atom stereocenters. The molecule has 4 saturated carbocycles. The Kier molecular flexibility index (Phi) is 10.7. The van der Waals surface area contributed by atoms with E-state index in [1.54, 1.807) is 25.0 Å². The number of benzene rings is 1. The van der Waals surface area contributed by atoms with Crippen molar-refractivity contribution in [2.75, 3.05) is 20.6 Å². The molecule has 1 aromatic carbocycles. The van der Waals surface area contributed by atoms with E-state index in [9.17, 15) is 19.5 Å². The van der Waals surface area contributed by atoms with E-state index in [2.05, 4.69) is 72.1 Å². The molecule has 0 bridgehead atoms. The number of carboxylic acid groups (broad SMARTS) is 1. The first-order valence-corrected chi connectivity index (χ1v) is 22.3. The average molecular weight is 805 g/mol. The van der Waals surface area contributed by atoms with Gasteiger partial charge in [0.05, 0.1) is 29.8 Å². The van der Waals surface area contributed by atoms with Gasteiger partial charge in [-0.05, 0) is 156 Å². The van der Waals surface area contributed by atoms with Crippen molar-refractivity contribution >= 4 is 23.5 Å². The molecule has 1 N–H and O–H groups in total. The minimum atomic E-state index is -1.16. The molecule has 1 aromatic heterocycles. The van der Waals surface area contributed by atoms with Gasteiger partial charge in [-0.25, -0.2) is 4.68 Å². The topological polar surface area (TPSA) is 93.8 Å². The fraction of sp³-hybridized carbons (Fsp3) is 0.729. The van der Waals surface area contributed by atoms with Gasteiger partial charge in [-0.1, -0.05) is 71.2 Å². The number of carbonyl (C=O) groups excluding carboxylic acids is 1. The minimum Gasteiger partial charge on any atom is -0.481 e. The third-order valence-electron chi connectivity index (χ3n) is 17.4. The molecule has 0 saturated heterocycles. The van der Waals surface area contributed by atoms with Gasteiger partial charge in [-0.15, -0.1) is 0 Å². The standard InChI is InChI=1S/C48H70ClN3O5/c1-30(2)33-18-23-48(37-28-39(53)52(51(37)27-26-50(10)11)32-14-12-31(49)13-15-32)25-24-46(8)34(41(33)48)16-17-36-45(7)21-20-38(57-40(54)29-43(3,4)42(55)56)44(5,6)35(45)19-22-47(36,46)9/h12-15,28,30,34-36,38H,16-27,29H2,1-11H3,(H,55,56)/t34?,35?,36?,38?,45?,46-,47?,48?/m1/s1. The van der Waals surface area contributed by atoms with E-state index in [0.29, 0.717) is 28.7 Å². The van der Waals surface area contributed by atoms with Gasteiger partial charge in [-0.3, -0.25) is 19.1 Å². The summed E-state index contributed by atoms with van der Waals surface area (Å²) in [5.74, 6) is 0.475. The molecule has 5 aliphatic rings. The first-order chi connectivity index (χ1) is 26.5. The summed E-state index contributed by atoms with van der Waals surface area (Å²) in [6.45, 7) is 22.0. The number of hydrogen-bond acceptors (Lipinski definition) is 5. The highest BCUT2D eigenvalue weighted by Gasteiger charge is 2.70. The number of allylic oxidation sites excluding steroid dienone is 2. The highest BCUT2D eigenvalue weighted by molar-refractivity contribution is 6.30. The van der Waals surface area contributed by atoms with Crippen molar-refractivity contribution in [1.82, 2.24) is 14.3 Å². The highest BCUT2D eigenvalue weighted by atomic mass is 35.5. The molecule has 0 spiro atoms. The predicted molar refractivity (Wildman–Crippen MR) is 228 cm³/mol. The van der Waals surface area contributed by atoms with E-state index in [-0.39, 0.29) is 45.2 Å². The summed E-state index contributed by atoms with van der Waals surface area (Å²) in [5, 5.41) is 10.3. The largest absolute Gasteiger partial charge is 0.481 e. The average Bonchev–Trinajstić information content (AvgIpc) is 3.67. The third kappa shape index (κ3) is 6.51. The van der Waals surface area contributed by atoms with Crippen molar-refractivity contribution in [2.45, 2.75) is 151 Å². The molecule has 0 amide bonds. The Labute approximate surface area is 346 Å². The Morgan fingerprint density at radius 2 is 1.61 bits per heavy atom. The summed E-state index contributed by atoms with van der Waals surface area (Å²) >= 11 is 6.33. The van der Waals surface area contributed by atoms with Gasteiger partial charge in [0.2, 0.25) is 0 Å². The summed E-state index contributed by atoms with van der Waals surface area (Å²) < 4.78 is 10.5. The summed E-state index contributed by atoms with van der Waals surface area (Å²) in [6.07, 6.45) is 10.4. The molecule has 7 rings (SSSR count). The number of likely N-dealkylation sites (N-methyl/N-ethyl adjacent to an activating group) is 1. The van der Waals surface area contributed by atoms with E-state index < -0.39 is 17.4 Å². The molecule has 0 radical (unpaired) electrons. The van der Waals surface area contributed by atoms with Crippen molar-refractivity contribution in [3.8, 4) is 5.69 Å². The van der Waals surface area contributed by atoms with Crippen LogP contribution in [0.25, 0.3) is 5.69 Å². The molecule has 0 aliphatic heterocycles. The fourth-order valence-corrected chi connectivity index (χ4v) is 14.2. The number of rotatable bonds is 10. The van der Waals surface area contributed by atoms with Crippen LogP contribution in [0.5, 0.6) is 0 Å². The lowest BCUT2D eigenvalue weighted by Crippen LogP contribution is -2.66. The van der Waals surface area contributed by atoms with Crippen LogP contribution < -0.4 is 5.56 Å². The maximum Gasteiger partial charge on any atom is 0.309 e. The maximum atomic E-state index is 14.2. The second-order valence-electron chi connectivity index (χ2n) is 21.6. The van der Waals surface area contributed by atoms with Crippen molar-refractivity contribution in [1.29, 1.82) is 0 Å². The number of halogens is 1. The maximum absolute atomic E-state index is 14.2. The van der Waals surface area contributed by atoms with Gasteiger partial charge in [-0.2, -0.15) is 0 Å². The number of carboxylic acids is 1. The number of aliphatic carboxylic acids is 1. The molecule has 9 heteroatoms. The zero-order valence-electron chi connectivity index (χ0n) is 36.8. The van der Waals surface area contributed by atoms with E-state index >= 15 is 0 Å². The number of aromatic nitrogens is 2. The molecular formula is C48H70ClN3O5. The van der Waals surface area contributed by atoms with Crippen molar-refractivity contribution in [3.05, 3.63) is 62.5 Å². The molecule has 1 heterocycles. The van der Waals surface area contributed by atoms with Crippen molar-refractivity contribution in [2.24, 2.45) is 50.7 Å². The van der Waals surface area contributed by atoms with Gasteiger partial charge in [0.15, 0.2) is 0 Å². The fourth-order valence-electron chi connectivity index (χ4n) is 14.1. The first kappa shape index (κ1) is 42.3. The van der Waals surface area contributed by atoms with Gasteiger partial charge in [0, 0.05) is 28.5 Å². The molecule has 8 atom stereocenters. The van der Waals surface area contributed by atoms with Gasteiger partial charge in [0.1, 0.15) is 6.10 Å². The predicted octanol–water partition coefficient (Wildman–Crippen LogP) is 10.3. The Morgan fingerprint density at radius 1 is 0.930 bits per heavy atom. The highest BCUT2D eigenvalue weighted by Crippen LogP contribution is 2.77. The number of esters is 1. The molecule has 2 aromatic rings.